The van der Waals surface area contributed by atoms with Crippen LogP contribution in [0, 0.1) is 0 Å². The second kappa shape index (κ2) is 4.88. The minimum Gasteiger partial charge on any atom is -0.345 e. The Kier molecular flexibility index (Phi) is 3.93. The molecule has 0 radical (unpaired) electrons. The number of halogens is 2. The van der Waals surface area contributed by atoms with E-state index in [0.29, 0.717) is 11.3 Å². The quantitative estimate of drug-likeness (QED) is 0.805. The Morgan fingerprint density at radius 3 is 2.61 bits per heavy atom. The van der Waals surface area contributed by atoms with Crippen molar-refractivity contribution >= 4 is 58.9 Å². The van der Waals surface area contributed by atoms with Gasteiger partial charge in [-0.05, 0) is 51.3 Å². The van der Waals surface area contributed by atoms with E-state index >= 15 is 0 Å². The van der Waals surface area contributed by atoms with Crippen molar-refractivity contribution in [2.75, 3.05) is 11.5 Å². The molecule has 8 heteroatoms. The topological polar surface area (TPSA) is 63.2 Å². The van der Waals surface area contributed by atoms with E-state index in [1.807, 2.05) is 0 Å². The lowest BCUT2D eigenvalue weighted by Crippen LogP contribution is -2.46. The Balaban J connectivity index is 2.13. The Hall–Kier alpha value is 0.0800. The van der Waals surface area contributed by atoms with Crippen LogP contribution in [0.4, 0.5) is 0 Å². The standard InChI is InChI=1S/C10H11Br2NO3S2/c1-10(2-3-18(15,16)5-10)13-9(14)7-4-6(11)8(12)17-7/h4H,2-3,5H2,1H3,(H,13,14). The first kappa shape index (κ1) is 14.5. The number of carbonyl (C=O) groups excluding carboxylic acids is 1. The molecule has 1 atom stereocenters. The molecule has 1 amide bonds. The van der Waals surface area contributed by atoms with Crippen molar-refractivity contribution in [2.45, 2.75) is 18.9 Å². The lowest BCUT2D eigenvalue weighted by molar-refractivity contribution is 0.0919. The summed E-state index contributed by atoms with van der Waals surface area (Å²) in [6.07, 6.45) is 0.467. The number of hydrogen-bond acceptors (Lipinski definition) is 4. The van der Waals surface area contributed by atoms with Crippen molar-refractivity contribution < 1.29 is 13.2 Å². The van der Waals surface area contributed by atoms with Gasteiger partial charge in [-0.15, -0.1) is 11.3 Å². The van der Waals surface area contributed by atoms with Gasteiger partial charge in [0.2, 0.25) is 0 Å². The van der Waals surface area contributed by atoms with E-state index in [2.05, 4.69) is 37.2 Å². The molecule has 18 heavy (non-hydrogen) atoms. The molecule has 1 saturated heterocycles. The fourth-order valence-corrected chi connectivity index (χ4v) is 5.93. The first-order valence-electron chi connectivity index (χ1n) is 5.19. The number of thiophene rings is 1. The number of carbonyl (C=O) groups is 1. The highest BCUT2D eigenvalue weighted by Crippen LogP contribution is 2.33. The molecule has 1 fully saturated rings. The Morgan fingerprint density at radius 2 is 2.17 bits per heavy atom. The lowest BCUT2D eigenvalue weighted by Gasteiger charge is -2.23. The molecular weight excluding hydrogens is 406 g/mol. The molecular formula is C10H11Br2NO3S2. The van der Waals surface area contributed by atoms with Crippen molar-refractivity contribution in [3.8, 4) is 0 Å². The molecule has 1 aliphatic heterocycles. The summed E-state index contributed by atoms with van der Waals surface area (Å²) >= 11 is 7.95. The maximum absolute atomic E-state index is 12.0. The highest BCUT2D eigenvalue weighted by molar-refractivity contribution is 9.13. The summed E-state index contributed by atoms with van der Waals surface area (Å²) in [5.41, 5.74) is -0.654. The van der Waals surface area contributed by atoms with Crippen LogP contribution in [0.1, 0.15) is 23.0 Å². The van der Waals surface area contributed by atoms with Gasteiger partial charge in [0.05, 0.1) is 25.7 Å². The zero-order chi connectivity index (χ0) is 13.6. The van der Waals surface area contributed by atoms with Gasteiger partial charge in [-0.1, -0.05) is 0 Å². The number of amides is 1. The second-order valence-corrected chi connectivity index (χ2v) is 10.00. The van der Waals surface area contributed by atoms with Crippen LogP contribution in [0.2, 0.25) is 0 Å². The fraction of sp³-hybridized carbons (Fsp3) is 0.500. The van der Waals surface area contributed by atoms with Crippen LogP contribution in [0.15, 0.2) is 14.3 Å². The third-order valence-electron chi connectivity index (χ3n) is 2.79. The zero-order valence-corrected chi connectivity index (χ0v) is 14.3. The summed E-state index contributed by atoms with van der Waals surface area (Å²) < 4.78 is 24.6. The minimum atomic E-state index is -3.01. The fourth-order valence-electron chi connectivity index (χ4n) is 1.90. The highest BCUT2D eigenvalue weighted by atomic mass is 79.9. The molecule has 0 aliphatic carbocycles. The van der Waals surface area contributed by atoms with Gasteiger partial charge in [0.25, 0.3) is 5.91 Å². The van der Waals surface area contributed by atoms with Crippen LogP contribution in [-0.4, -0.2) is 31.4 Å². The van der Waals surface area contributed by atoms with Crippen LogP contribution < -0.4 is 5.32 Å². The third kappa shape index (κ3) is 3.15. The monoisotopic (exact) mass is 415 g/mol. The summed E-state index contributed by atoms with van der Waals surface area (Å²) in [5.74, 6) is -0.0767. The second-order valence-electron chi connectivity index (χ2n) is 4.59. The number of rotatable bonds is 2. The van der Waals surface area contributed by atoms with Crippen LogP contribution in [0.5, 0.6) is 0 Å². The van der Waals surface area contributed by atoms with Gasteiger partial charge < -0.3 is 5.32 Å². The molecule has 0 spiro atoms. The molecule has 1 unspecified atom stereocenters. The molecule has 0 aromatic carbocycles. The van der Waals surface area contributed by atoms with Gasteiger partial charge in [0, 0.05) is 4.47 Å². The van der Waals surface area contributed by atoms with Crippen molar-refractivity contribution in [3.05, 3.63) is 19.2 Å². The average Bonchev–Trinajstić information content (AvgIpc) is 2.69. The normalized spacial score (nSPS) is 26.2. The Morgan fingerprint density at radius 1 is 1.50 bits per heavy atom. The van der Waals surface area contributed by atoms with Gasteiger partial charge >= 0.3 is 0 Å². The molecule has 1 N–H and O–H groups in total. The van der Waals surface area contributed by atoms with Crippen LogP contribution in [0.3, 0.4) is 0 Å². The number of nitrogens with one attached hydrogen (secondary N) is 1. The molecule has 2 heterocycles. The summed E-state index contributed by atoms with van der Waals surface area (Å²) in [7, 11) is -3.01. The maximum Gasteiger partial charge on any atom is 0.261 e. The molecule has 1 aromatic heterocycles. The van der Waals surface area contributed by atoms with E-state index in [1.165, 1.54) is 11.3 Å². The van der Waals surface area contributed by atoms with Crippen molar-refractivity contribution in [3.63, 3.8) is 0 Å². The average molecular weight is 417 g/mol. The van der Waals surface area contributed by atoms with Crippen LogP contribution >= 0.6 is 43.2 Å². The predicted molar refractivity (Wildman–Crippen MR) is 78.9 cm³/mol. The molecule has 0 saturated carbocycles. The van der Waals surface area contributed by atoms with E-state index in [1.54, 1.807) is 13.0 Å². The Bertz CT molecular complexity index is 577. The SMILES string of the molecule is CC1(NC(=O)c2cc(Br)c(Br)s2)CCS(=O)(=O)C1. The molecule has 100 valence electrons. The summed E-state index contributed by atoms with van der Waals surface area (Å²) in [6.45, 7) is 1.77. The lowest BCUT2D eigenvalue weighted by atomic mass is 10.0. The molecule has 0 bridgehead atoms. The first-order chi connectivity index (χ1) is 8.21. The smallest absolute Gasteiger partial charge is 0.261 e. The van der Waals surface area contributed by atoms with Crippen LogP contribution in [-0.2, 0) is 9.84 Å². The van der Waals surface area contributed by atoms with E-state index < -0.39 is 15.4 Å². The van der Waals surface area contributed by atoms with Crippen LogP contribution in [0.25, 0.3) is 0 Å². The van der Waals surface area contributed by atoms with E-state index in [0.717, 1.165) is 8.26 Å². The first-order valence-corrected chi connectivity index (χ1v) is 9.41. The predicted octanol–water partition coefficient (Wildman–Crippen LogP) is 2.58. The van der Waals surface area contributed by atoms with Crippen molar-refractivity contribution in [1.82, 2.24) is 5.32 Å². The largest absolute Gasteiger partial charge is 0.345 e. The third-order valence-corrected chi connectivity index (χ3v) is 7.95. The minimum absolute atomic E-state index is 0.0133. The highest BCUT2D eigenvalue weighted by Gasteiger charge is 2.39. The van der Waals surface area contributed by atoms with Crippen molar-refractivity contribution in [1.29, 1.82) is 0 Å². The summed E-state index contributed by atoms with van der Waals surface area (Å²) in [4.78, 5) is 12.6. The van der Waals surface area contributed by atoms with E-state index in [4.69, 9.17) is 0 Å². The van der Waals surface area contributed by atoms with E-state index in [9.17, 15) is 13.2 Å². The number of hydrogen-bond donors (Lipinski definition) is 1. The van der Waals surface area contributed by atoms with Gasteiger partial charge in [-0.3, -0.25) is 4.79 Å². The molecule has 1 aromatic rings. The Labute approximate surface area is 126 Å². The summed E-state index contributed by atoms with van der Waals surface area (Å²) in [6, 6.07) is 1.72. The van der Waals surface area contributed by atoms with Crippen molar-refractivity contribution in [2.24, 2.45) is 0 Å². The van der Waals surface area contributed by atoms with Gasteiger partial charge in [-0.2, -0.15) is 0 Å². The molecule has 1 aliphatic rings. The summed E-state index contributed by atoms with van der Waals surface area (Å²) in [5, 5.41) is 2.82. The zero-order valence-electron chi connectivity index (χ0n) is 9.50. The molecule has 4 nitrogen and oxygen atoms in total. The maximum atomic E-state index is 12.0. The number of sulfone groups is 1. The van der Waals surface area contributed by atoms with Gasteiger partial charge in [0.1, 0.15) is 0 Å². The molecule has 2 rings (SSSR count). The van der Waals surface area contributed by atoms with Gasteiger partial charge in [0.15, 0.2) is 9.84 Å². The van der Waals surface area contributed by atoms with E-state index in [-0.39, 0.29) is 17.4 Å². The van der Waals surface area contributed by atoms with Gasteiger partial charge in [-0.25, -0.2) is 8.42 Å².